The van der Waals surface area contributed by atoms with Crippen molar-refractivity contribution in [1.82, 2.24) is 5.43 Å². The van der Waals surface area contributed by atoms with Crippen LogP contribution in [0.15, 0.2) is 53.6 Å². The number of thioether (sulfide) groups is 1. The zero-order valence-electron chi connectivity index (χ0n) is 11.9. The van der Waals surface area contributed by atoms with Gasteiger partial charge in [0.15, 0.2) is 0 Å². The van der Waals surface area contributed by atoms with Gasteiger partial charge in [-0.25, -0.2) is 0 Å². The van der Waals surface area contributed by atoms with E-state index in [0.29, 0.717) is 5.56 Å². The number of nitriles is 1. The van der Waals surface area contributed by atoms with Crippen LogP contribution < -0.4 is 5.43 Å². The molecule has 0 aromatic heterocycles. The molecular formula is C17H15N3S. The normalized spacial score (nSPS) is 20.5. The molecule has 4 heteroatoms. The van der Waals surface area contributed by atoms with E-state index in [1.165, 1.54) is 5.56 Å². The number of hydrazone groups is 1. The fraction of sp³-hybridized carbons (Fsp3) is 0.176. The van der Waals surface area contributed by atoms with Gasteiger partial charge in [-0.05, 0) is 31.5 Å². The Labute approximate surface area is 128 Å². The van der Waals surface area contributed by atoms with Crippen molar-refractivity contribution in [3.63, 3.8) is 0 Å². The Hall–Kier alpha value is -2.25. The Morgan fingerprint density at radius 3 is 2.38 bits per heavy atom. The summed E-state index contributed by atoms with van der Waals surface area (Å²) in [6.45, 7) is 4.18. The van der Waals surface area contributed by atoms with Crippen molar-refractivity contribution in [3.8, 4) is 6.07 Å². The first-order valence-corrected chi connectivity index (χ1v) is 7.54. The predicted molar refractivity (Wildman–Crippen MR) is 87.0 cm³/mol. The van der Waals surface area contributed by atoms with Crippen molar-refractivity contribution in [3.05, 3.63) is 70.8 Å². The molecule has 0 radical (unpaired) electrons. The monoisotopic (exact) mass is 293 g/mol. The molecule has 3 rings (SSSR count). The van der Waals surface area contributed by atoms with Crippen LogP contribution in [-0.4, -0.2) is 5.04 Å². The first-order chi connectivity index (χ1) is 10.1. The van der Waals surface area contributed by atoms with Crippen LogP contribution in [0.4, 0.5) is 0 Å². The Balaban J connectivity index is 1.83. The summed E-state index contributed by atoms with van der Waals surface area (Å²) in [5.41, 5.74) is 7.36. The molecule has 1 aliphatic rings. The molecule has 1 aliphatic heterocycles. The van der Waals surface area contributed by atoms with Gasteiger partial charge in [0.1, 0.15) is 9.91 Å². The number of benzene rings is 2. The number of rotatable bonds is 2. The molecule has 3 nitrogen and oxygen atoms in total. The van der Waals surface area contributed by atoms with Crippen LogP contribution >= 0.6 is 11.8 Å². The Bertz CT molecular complexity index is 726. The Kier molecular flexibility index (Phi) is 3.44. The minimum absolute atomic E-state index is 0.297. The molecule has 0 saturated carbocycles. The minimum atomic E-state index is -0.297. The van der Waals surface area contributed by atoms with E-state index in [9.17, 15) is 0 Å². The molecule has 0 amide bonds. The molecule has 1 unspecified atom stereocenters. The SMILES string of the molecule is Cc1ccc(C2=NNC(C)(c3ccc(C#N)cc3)S2)cc1. The summed E-state index contributed by atoms with van der Waals surface area (Å²) in [4.78, 5) is -0.297. The number of nitrogens with zero attached hydrogens (tertiary/aromatic N) is 2. The van der Waals surface area contributed by atoms with Crippen LogP contribution in [0, 0.1) is 18.3 Å². The highest BCUT2D eigenvalue weighted by atomic mass is 32.2. The number of hydrogen-bond acceptors (Lipinski definition) is 4. The van der Waals surface area contributed by atoms with Gasteiger partial charge < -0.3 is 0 Å². The maximum atomic E-state index is 8.88. The standard InChI is InChI=1S/C17H15N3S/c1-12-3-7-14(8-4-12)16-19-20-17(2,21-16)15-9-5-13(11-18)6-10-15/h3-10,20H,1-2H3. The van der Waals surface area contributed by atoms with E-state index in [4.69, 9.17) is 5.26 Å². The van der Waals surface area contributed by atoms with E-state index in [0.717, 1.165) is 16.2 Å². The van der Waals surface area contributed by atoms with Crippen LogP contribution in [0.25, 0.3) is 0 Å². The third-order valence-corrected chi connectivity index (χ3v) is 4.79. The highest BCUT2D eigenvalue weighted by molar-refractivity contribution is 8.15. The van der Waals surface area contributed by atoms with E-state index in [1.54, 1.807) is 11.8 Å². The summed E-state index contributed by atoms with van der Waals surface area (Å²) in [6, 6.07) is 18.1. The molecular weight excluding hydrogens is 278 g/mol. The molecule has 0 fully saturated rings. The second-order valence-corrected chi connectivity index (χ2v) is 6.63. The zero-order valence-corrected chi connectivity index (χ0v) is 12.7. The molecule has 21 heavy (non-hydrogen) atoms. The summed E-state index contributed by atoms with van der Waals surface area (Å²) in [6.07, 6.45) is 0. The van der Waals surface area contributed by atoms with Crippen LogP contribution in [0.1, 0.15) is 29.2 Å². The smallest absolute Gasteiger partial charge is 0.128 e. The van der Waals surface area contributed by atoms with Gasteiger partial charge in [0, 0.05) is 5.56 Å². The van der Waals surface area contributed by atoms with Crippen LogP contribution in [0.3, 0.4) is 0 Å². The van der Waals surface area contributed by atoms with Gasteiger partial charge in [-0.1, -0.05) is 53.7 Å². The molecule has 0 spiro atoms. The fourth-order valence-electron chi connectivity index (χ4n) is 2.20. The Morgan fingerprint density at radius 2 is 1.76 bits per heavy atom. The average Bonchev–Trinajstić information content (AvgIpc) is 2.92. The van der Waals surface area contributed by atoms with Gasteiger partial charge in [0.25, 0.3) is 0 Å². The third-order valence-electron chi connectivity index (χ3n) is 3.53. The van der Waals surface area contributed by atoms with Gasteiger partial charge in [-0.3, -0.25) is 5.43 Å². The lowest BCUT2D eigenvalue weighted by molar-refractivity contribution is 0.563. The van der Waals surface area contributed by atoms with E-state index in [-0.39, 0.29) is 4.87 Å². The van der Waals surface area contributed by atoms with Crippen molar-refractivity contribution in [2.45, 2.75) is 18.7 Å². The molecule has 0 saturated heterocycles. The second-order valence-electron chi connectivity index (χ2n) is 5.22. The van der Waals surface area contributed by atoms with Crippen LogP contribution in [-0.2, 0) is 4.87 Å². The van der Waals surface area contributed by atoms with Gasteiger partial charge in [0.2, 0.25) is 0 Å². The van der Waals surface area contributed by atoms with Gasteiger partial charge in [-0.2, -0.15) is 10.4 Å². The number of hydrogen-bond donors (Lipinski definition) is 1. The summed E-state index contributed by atoms with van der Waals surface area (Å²) in [7, 11) is 0. The largest absolute Gasteiger partial charge is 0.288 e. The average molecular weight is 293 g/mol. The van der Waals surface area contributed by atoms with Crippen molar-refractivity contribution in [1.29, 1.82) is 5.26 Å². The van der Waals surface area contributed by atoms with E-state index < -0.39 is 0 Å². The van der Waals surface area contributed by atoms with Gasteiger partial charge >= 0.3 is 0 Å². The van der Waals surface area contributed by atoms with Crippen molar-refractivity contribution in [2.75, 3.05) is 0 Å². The highest BCUT2D eigenvalue weighted by Gasteiger charge is 2.34. The molecule has 1 heterocycles. The van der Waals surface area contributed by atoms with Crippen molar-refractivity contribution >= 4 is 16.8 Å². The lowest BCUT2D eigenvalue weighted by atomic mass is 10.1. The molecule has 0 aliphatic carbocycles. The minimum Gasteiger partial charge on any atom is -0.288 e. The summed E-state index contributed by atoms with van der Waals surface area (Å²) in [5, 5.41) is 14.3. The van der Waals surface area contributed by atoms with E-state index in [2.05, 4.69) is 54.7 Å². The lowest BCUT2D eigenvalue weighted by Crippen LogP contribution is -2.28. The molecule has 1 atom stereocenters. The molecule has 1 N–H and O–H groups in total. The maximum absolute atomic E-state index is 8.88. The number of aryl methyl sites for hydroxylation is 1. The Morgan fingerprint density at radius 1 is 1.10 bits per heavy atom. The zero-order chi connectivity index (χ0) is 14.9. The first-order valence-electron chi connectivity index (χ1n) is 6.72. The van der Waals surface area contributed by atoms with E-state index in [1.807, 2.05) is 24.3 Å². The highest BCUT2D eigenvalue weighted by Crippen LogP contribution is 2.40. The van der Waals surface area contributed by atoms with Gasteiger partial charge in [-0.15, -0.1) is 0 Å². The molecule has 104 valence electrons. The maximum Gasteiger partial charge on any atom is 0.128 e. The number of nitrogens with one attached hydrogen (secondary N) is 1. The van der Waals surface area contributed by atoms with Crippen LogP contribution in [0.2, 0.25) is 0 Å². The molecule has 0 bridgehead atoms. The van der Waals surface area contributed by atoms with Gasteiger partial charge in [0.05, 0.1) is 11.6 Å². The van der Waals surface area contributed by atoms with Crippen LogP contribution in [0.5, 0.6) is 0 Å². The third kappa shape index (κ3) is 2.65. The molecule has 2 aromatic rings. The quantitative estimate of drug-likeness (QED) is 0.917. The topological polar surface area (TPSA) is 48.2 Å². The van der Waals surface area contributed by atoms with E-state index >= 15 is 0 Å². The second kappa shape index (κ2) is 5.27. The first kappa shape index (κ1) is 13.7. The van der Waals surface area contributed by atoms with Crippen molar-refractivity contribution in [2.24, 2.45) is 5.10 Å². The summed E-state index contributed by atoms with van der Waals surface area (Å²) >= 11 is 1.69. The van der Waals surface area contributed by atoms with Crippen molar-refractivity contribution < 1.29 is 0 Å². The summed E-state index contributed by atoms with van der Waals surface area (Å²) < 4.78 is 0. The fourth-order valence-corrected chi connectivity index (χ4v) is 3.28. The summed E-state index contributed by atoms with van der Waals surface area (Å²) in [5.74, 6) is 0. The lowest BCUT2D eigenvalue weighted by Gasteiger charge is -2.23. The molecule has 2 aromatic carbocycles. The predicted octanol–water partition coefficient (Wildman–Crippen LogP) is 3.74.